The van der Waals surface area contributed by atoms with Crippen LogP contribution in [0.5, 0.6) is 0 Å². The van der Waals surface area contributed by atoms with E-state index >= 15 is 0 Å². The minimum Gasteiger partial charge on any atom is -0.477 e. The van der Waals surface area contributed by atoms with Crippen molar-refractivity contribution >= 4 is 16.9 Å². The van der Waals surface area contributed by atoms with Crippen molar-refractivity contribution < 1.29 is 14.3 Å². The summed E-state index contributed by atoms with van der Waals surface area (Å²) in [6, 6.07) is 16.0. The minimum absolute atomic E-state index is 0.272. The van der Waals surface area contributed by atoms with Crippen LogP contribution in [0.1, 0.15) is 16.1 Å². The Morgan fingerprint density at radius 2 is 1.85 bits per heavy atom. The number of rotatable bonds is 3. The quantitative estimate of drug-likeness (QED) is 0.572. The van der Waals surface area contributed by atoms with Crippen LogP contribution < -0.4 is 5.63 Å². The molecule has 0 aliphatic carbocycles. The number of hydrogen-bond acceptors (Lipinski definition) is 5. The topological polar surface area (TPSA) is 98.2 Å². The average molecular weight is 347 g/mol. The number of aromatic carboxylic acids is 1. The molecule has 0 amide bonds. The molecule has 0 atom stereocenters. The summed E-state index contributed by atoms with van der Waals surface area (Å²) >= 11 is 0. The third kappa shape index (κ3) is 2.65. The van der Waals surface area contributed by atoms with Crippen molar-refractivity contribution in [2.45, 2.75) is 6.92 Å². The fraction of sp³-hybridized carbons (Fsp3) is 0.0526. The van der Waals surface area contributed by atoms with Gasteiger partial charge >= 0.3 is 11.6 Å². The summed E-state index contributed by atoms with van der Waals surface area (Å²) in [5, 5.41) is 18.5. The minimum atomic E-state index is -1.32. The van der Waals surface area contributed by atoms with E-state index in [0.29, 0.717) is 11.1 Å². The van der Waals surface area contributed by atoms with Crippen molar-refractivity contribution in [3.05, 3.63) is 76.3 Å². The molecule has 4 rings (SSSR count). The van der Waals surface area contributed by atoms with Gasteiger partial charge in [-0.3, -0.25) is 0 Å². The summed E-state index contributed by atoms with van der Waals surface area (Å²) in [7, 11) is 0. The lowest BCUT2D eigenvalue weighted by Crippen LogP contribution is -2.13. The predicted molar refractivity (Wildman–Crippen MR) is 94.5 cm³/mol. The van der Waals surface area contributed by atoms with E-state index in [9.17, 15) is 9.59 Å². The molecule has 0 radical (unpaired) electrons. The molecule has 26 heavy (non-hydrogen) atoms. The number of carboxylic acids is 1. The van der Waals surface area contributed by atoms with Gasteiger partial charge in [0.05, 0.1) is 11.4 Å². The maximum Gasteiger partial charge on any atom is 0.351 e. The maximum atomic E-state index is 11.8. The molecule has 128 valence electrons. The van der Waals surface area contributed by atoms with Gasteiger partial charge in [-0.1, -0.05) is 30.3 Å². The molecule has 0 spiro atoms. The summed E-state index contributed by atoms with van der Waals surface area (Å²) in [5.74, 6) is -1.32. The maximum absolute atomic E-state index is 11.8. The van der Waals surface area contributed by atoms with E-state index in [2.05, 4.69) is 10.2 Å². The van der Waals surface area contributed by atoms with Crippen molar-refractivity contribution in [2.75, 3.05) is 0 Å². The van der Waals surface area contributed by atoms with Crippen LogP contribution in [0.15, 0.2) is 63.8 Å². The van der Waals surface area contributed by atoms with Crippen molar-refractivity contribution in [1.29, 1.82) is 0 Å². The van der Waals surface area contributed by atoms with Gasteiger partial charge in [0.15, 0.2) is 0 Å². The zero-order chi connectivity index (χ0) is 18.3. The Bertz CT molecular complexity index is 1190. The molecule has 0 aliphatic heterocycles. The van der Waals surface area contributed by atoms with Crippen molar-refractivity contribution in [3.8, 4) is 16.9 Å². The first-order valence-electron chi connectivity index (χ1n) is 7.84. The lowest BCUT2D eigenvalue weighted by Gasteiger charge is -2.02. The second kappa shape index (κ2) is 5.96. The Morgan fingerprint density at radius 1 is 1.08 bits per heavy atom. The van der Waals surface area contributed by atoms with Crippen LogP contribution in [0, 0.1) is 6.92 Å². The normalized spacial score (nSPS) is 11.0. The van der Waals surface area contributed by atoms with Crippen LogP contribution in [0.2, 0.25) is 0 Å². The van der Waals surface area contributed by atoms with E-state index in [0.717, 1.165) is 17.0 Å². The molecule has 2 aromatic heterocycles. The lowest BCUT2D eigenvalue weighted by molar-refractivity contribution is 0.0692. The summed E-state index contributed by atoms with van der Waals surface area (Å²) < 4.78 is 5.13. The van der Waals surface area contributed by atoms with Gasteiger partial charge in [0.1, 0.15) is 16.8 Å². The summed E-state index contributed by atoms with van der Waals surface area (Å²) in [4.78, 5) is 24.3. The Hall–Kier alpha value is -3.74. The molecule has 2 heterocycles. The Kier molecular flexibility index (Phi) is 3.62. The van der Waals surface area contributed by atoms with Gasteiger partial charge in [-0.2, -0.15) is 9.90 Å². The molecule has 0 fully saturated rings. The molecular weight excluding hydrogens is 334 g/mol. The Labute approximate surface area is 147 Å². The summed E-state index contributed by atoms with van der Waals surface area (Å²) in [6.45, 7) is 1.87. The fourth-order valence-electron chi connectivity index (χ4n) is 2.73. The number of carbonyl (C=O) groups is 1. The second-order valence-corrected chi connectivity index (χ2v) is 5.76. The highest BCUT2D eigenvalue weighted by atomic mass is 16.4. The lowest BCUT2D eigenvalue weighted by atomic mass is 10.1. The van der Waals surface area contributed by atoms with Gasteiger partial charge < -0.3 is 9.52 Å². The van der Waals surface area contributed by atoms with Crippen LogP contribution in [-0.4, -0.2) is 26.1 Å². The van der Waals surface area contributed by atoms with E-state index in [4.69, 9.17) is 9.52 Å². The largest absolute Gasteiger partial charge is 0.477 e. The number of benzene rings is 2. The first kappa shape index (κ1) is 15.8. The summed E-state index contributed by atoms with van der Waals surface area (Å²) in [6.07, 6.45) is 0. The van der Waals surface area contributed by atoms with E-state index < -0.39 is 17.2 Å². The zero-order valence-electron chi connectivity index (χ0n) is 13.7. The van der Waals surface area contributed by atoms with E-state index in [1.54, 1.807) is 18.2 Å². The highest BCUT2D eigenvalue weighted by Crippen LogP contribution is 2.22. The van der Waals surface area contributed by atoms with Gasteiger partial charge in [-0.15, -0.1) is 5.10 Å². The van der Waals surface area contributed by atoms with Gasteiger partial charge in [-0.05, 0) is 25.1 Å². The standard InChI is InChI=1S/C19H13N3O4/c1-11-17(12-5-3-2-4-6-12)21-22(20-11)14-8-7-13-9-15(18(23)24)19(25)26-16(13)10-14/h2-10H,1H3,(H,23,24). The molecule has 7 nitrogen and oxygen atoms in total. The van der Waals surface area contributed by atoms with Crippen LogP contribution in [0.25, 0.3) is 27.9 Å². The van der Waals surface area contributed by atoms with Crippen LogP contribution in [-0.2, 0) is 0 Å². The third-order valence-corrected chi connectivity index (χ3v) is 4.01. The highest BCUT2D eigenvalue weighted by Gasteiger charge is 2.14. The number of fused-ring (bicyclic) bond motifs is 1. The van der Waals surface area contributed by atoms with E-state index in [-0.39, 0.29) is 5.58 Å². The van der Waals surface area contributed by atoms with Gasteiger partial charge in [0, 0.05) is 17.0 Å². The smallest absolute Gasteiger partial charge is 0.351 e. The highest BCUT2D eigenvalue weighted by molar-refractivity contribution is 5.91. The molecule has 0 aliphatic rings. The van der Waals surface area contributed by atoms with Gasteiger partial charge in [-0.25, -0.2) is 9.59 Å². The molecule has 2 aromatic carbocycles. The number of carboxylic acid groups (broad SMARTS) is 1. The average Bonchev–Trinajstić information content (AvgIpc) is 3.03. The van der Waals surface area contributed by atoms with Gasteiger partial charge in [0.2, 0.25) is 0 Å². The predicted octanol–water partition coefficient (Wildman–Crippen LogP) is 3.05. The van der Waals surface area contributed by atoms with Crippen molar-refractivity contribution in [1.82, 2.24) is 15.0 Å². The summed E-state index contributed by atoms with van der Waals surface area (Å²) in [5.41, 5.74) is 2.06. The Balaban J connectivity index is 1.82. The first-order chi connectivity index (χ1) is 12.5. The molecule has 0 saturated heterocycles. The fourth-order valence-corrected chi connectivity index (χ4v) is 2.73. The number of aryl methyl sites for hydroxylation is 1. The number of nitrogens with zero attached hydrogens (tertiary/aromatic N) is 3. The third-order valence-electron chi connectivity index (χ3n) is 4.01. The van der Waals surface area contributed by atoms with E-state index in [1.807, 2.05) is 37.3 Å². The van der Waals surface area contributed by atoms with Crippen molar-refractivity contribution in [2.24, 2.45) is 0 Å². The monoisotopic (exact) mass is 347 g/mol. The van der Waals surface area contributed by atoms with Gasteiger partial charge in [0.25, 0.3) is 0 Å². The molecule has 0 saturated carbocycles. The van der Waals surface area contributed by atoms with Crippen LogP contribution in [0.4, 0.5) is 0 Å². The Morgan fingerprint density at radius 3 is 2.58 bits per heavy atom. The molecular formula is C19H13N3O4. The molecule has 4 aromatic rings. The molecule has 0 bridgehead atoms. The second-order valence-electron chi connectivity index (χ2n) is 5.76. The van der Waals surface area contributed by atoms with E-state index in [1.165, 1.54) is 10.9 Å². The van der Waals surface area contributed by atoms with Crippen LogP contribution in [0.3, 0.4) is 0 Å². The molecule has 1 N–H and O–H groups in total. The van der Waals surface area contributed by atoms with Crippen LogP contribution >= 0.6 is 0 Å². The SMILES string of the molecule is Cc1nn(-c2ccc3cc(C(=O)O)c(=O)oc3c2)nc1-c1ccccc1. The zero-order valence-corrected chi connectivity index (χ0v) is 13.7. The number of aromatic nitrogens is 3. The molecule has 0 unspecified atom stereocenters. The van der Waals surface area contributed by atoms with Crippen molar-refractivity contribution in [3.63, 3.8) is 0 Å². The first-order valence-corrected chi connectivity index (χ1v) is 7.84. The number of hydrogen-bond donors (Lipinski definition) is 1. The molecule has 7 heteroatoms.